The molecule has 0 saturated heterocycles. The van der Waals surface area contributed by atoms with Gasteiger partial charge in [-0.1, -0.05) is 18.1 Å². The minimum Gasteiger partial charge on any atom is -0.508 e. The molecule has 7 heteroatoms. The van der Waals surface area contributed by atoms with E-state index in [-0.39, 0.29) is 5.75 Å². The van der Waals surface area contributed by atoms with Crippen LogP contribution in [0.5, 0.6) is 5.75 Å². The molecule has 0 radical (unpaired) electrons. The predicted molar refractivity (Wildman–Crippen MR) is 77.3 cm³/mol. The summed E-state index contributed by atoms with van der Waals surface area (Å²) in [6, 6.07) is 5.41. The Bertz CT molecular complexity index is 775. The van der Waals surface area contributed by atoms with E-state index >= 15 is 0 Å². The maximum atomic E-state index is 9.66. The van der Waals surface area contributed by atoms with E-state index in [0.29, 0.717) is 5.95 Å². The van der Waals surface area contributed by atoms with E-state index in [9.17, 15) is 5.11 Å². The van der Waals surface area contributed by atoms with E-state index in [1.54, 1.807) is 16.8 Å². The minimum absolute atomic E-state index is 0.275. The van der Waals surface area contributed by atoms with Crippen molar-refractivity contribution in [1.82, 2.24) is 30.4 Å². The fraction of sp³-hybridized carbons (Fsp3) is 0.286. The van der Waals surface area contributed by atoms with E-state index in [2.05, 4.69) is 32.6 Å². The molecule has 0 atom stereocenters. The van der Waals surface area contributed by atoms with Gasteiger partial charge in [0.15, 0.2) is 0 Å². The Balaban J connectivity index is 2.20. The number of phenols is 1. The van der Waals surface area contributed by atoms with Crippen LogP contribution in [0.25, 0.3) is 17.1 Å². The molecule has 0 fully saturated rings. The van der Waals surface area contributed by atoms with Gasteiger partial charge in [-0.3, -0.25) is 0 Å². The third-order valence-electron chi connectivity index (χ3n) is 3.55. The lowest BCUT2D eigenvalue weighted by Gasteiger charge is -2.09. The molecule has 2 aromatic heterocycles. The van der Waals surface area contributed by atoms with Gasteiger partial charge < -0.3 is 5.11 Å². The molecule has 108 valence electrons. The molecule has 0 aliphatic carbocycles. The number of aromatic amines is 1. The largest absolute Gasteiger partial charge is 0.508 e. The number of rotatable bonds is 3. The van der Waals surface area contributed by atoms with Gasteiger partial charge in [0.05, 0.1) is 11.4 Å². The number of aromatic hydroxyl groups is 1. The van der Waals surface area contributed by atoms with Crippen LogP contribution in [0, 0.1) is 13.8 Å². The van der Waals surface area contributed by atoms with Crippen LogP contribution in [0.4, 0.5) is 0 Å². The molecule has 2 N–H and O–H groups in total. The SMILES string of the molecule is CCc1cc(O)ccc1-c1c(C)nn(-c2nn[nH]n2)c1C. The third-order valence-corrected chi connectivity index (χ3v) is 3.55. The molecule has 0 saturated carbocycles. The summed E-state index contributed by atoms with van der Waals surface area (Å²) in [5.74, 6) is 0.690. The van der Waals surface area contributed by atoms with Crippen molar-refractivity contribution in [3.8, 4) is 22.8 Å². The topological polar surface area (TPSA) is 92.5 Å². The molecule has 0 spiro atoms. The van der Waals surface area contributed by atoms with Gasteiger partial charge in [0.1, 0.15) is 5.75 Å². The summed E-state index contributed by atoms with van der Waals surface area (Å²) in [7, 11) is 0. The van der Waals surface area contributed by atoms with Crippen LogP contribution < -0.4 is 0 Å². The first-order chi connectivity index (χ1) is 10.1. The maximum absolute atomic E-state index is 9.66. The number of benzene rings is 1. The molecular weight excluding hydrogens is 268 g/mol. The number of phenolic OH excluding ortho intramolecular Hbond substituents is 1. The zero-order valence-electron chi connectivity index (χ0n) is 12.1. The number of H-pyrrole nitrogens is 1. The first-order valence-electron chi connectivity index (χ1n) is 6.74. The molecule has 2 heterocycles. The van der Waals surface area contributed by atoms with Crippen LogP contribution in [0.3, 0.4) is 0 Å². The summed E-state index contributed by atoms with van der Waals surface area (Å²) < 4.78 is 1.67. The number of nitrogens with one attached hydrogen (secondary N) is 1. The lowest BCUT2D eigenvalue weighted by molar-refractivity contribution is 0.474. The molecule has 3 rings (SSSR count). The Morgan fingerprint density at radius 3 is 2.76 bits per heavy atom. The van der Waals surface area contributed by atoms with E-state index in [0.717, 1.165) is 34.5 Å². The Morgan fingerprint density at radius 2 is 2.10 bits per heavy atom. The van der Waals surface area contributed by atoms with Gasteiger partial charge in [-0.25, -0.2) is 0 Å². The summed E-state index contributed by atoms with van der Waals surface area (Å²) >= 11 is 0. The van der Waals surface area contributed by atoms with Crippen LogP contribution >= 0.6 is 0 Å². The standard InChI is InChI=1S/C14H16N6O/c1-4-10-7-11(21)5-6-12(10)13-8(2)17-20(9(13)3)14-15-18-19-16-14/h5-7,21H,4H2,1-3H3,(H,15,16,18,19). The molecule has 7 nitrogen and oxygen atoms in total. The van der Waals surface area contributed by atoms with Crippen LogP contribution in [0.1, 0.15) is 23.9 Å². The monoisotopic (exact) mass is 284 g/mol. The molecular formula is C14H16N6O. The zero-order valence-corrected chi connectivity index (χ0v) is 12.1. The highest BCUT2D eigenvalue weighted by molar-refractivity contribution is 5.73. The third kappa shape index (κ3) is 2.16. The Hall–Kier alpha value is -2.70. The van der Waals surface area contributed by atoms with E-state index < -0.39 is 0 Å². The molecule has 0 aliphatic heterocycles. The first kappa shape index (κ1) is 13.3. The molecule has 1 aromatic carbocycles. The second-order valence-corrected chi connectivity index (χ2v) is 4.86. The number of hydrogen-bond acceptors (Lipinski definition) is 5. The molecule has 0 amide bonds. The van der Waals surface area contributed by atoms with Gasteiger partial charge in [-0.2, -0.15) is 15.0 Å². The van der Waals surface area contributed by atoms with Gasteiger partial charge in [0.25, 0.3) is 5.95 Å². The zero-order chi connectivity index (χ0) is 15.0. The quantitative estimate of drug-likeness (QED) is 0.766. The van der Waals surface area contributed by atoms with Crippen molar-refractivity contribution in [3.05, 3.63) is 35.2 Å². The Labute approximate surface area is 121 Å². The smallest absolute Gasteiger partial charge is 0.290 e. The highest BCUT2D eigenvalue weighted by atomic mass is 16.3. The fourth-order valence-corrected chi connectivity index (χ4v) is 2.59. The second-order valence-electron chi connectivity index (χ2n) is 4.86. The lowest BCUT2D eigenvalue weighted by Crippen LogP contribution is -2.01. The number of aromatic nitrogens is 6. The van der Waals surface area contributed by atoms with Crippen molar-refractivity contribution >= 4 is 0 Å². The van der Waals surface area contributed by atoms with E-state index in [4.69, 9.17) is 0 Å². The second kappa shape index (κ2) is 5.01. The van der Waals surface area contributed by atoms with Gasteiger partial charge >= 0.3 is 0 Å². The summed E-state index contributed by atoms with van der Waals surface area (Å²) in [5, 5.41) is 28.1. The van der Waals surface area contributed by atoms with Crippen molar-refractivity contribution in [3.63, 3.8) is 0 Å². The summed E-state index contributed by atoms with van der Waals surface area (Å²) in [5.41, 5.74) is 5.01. The average Bonchev–Trinajstić information content (AvgIpc) is 3.08. The van der Waals surface area contributed by atoms with Crippen molar-refractivity contribution in [2.24, 2.45) is 0 Å². The number of nitrogens with zero attached hydrogens (tertiary/aromatic N) is 5. The normalized spacial score (nSPS) is 11.0. The molecule has 0 aliphatic rings. The average molecular weight is 284 g/mol. The summed E-state index contributed by atoms with van der Waals surface area (Å²) in [4.78, 5) is 0. The van der Waals surface area contributed by atoms with Crippen molar-refractivity contribution in [2.45, 2.75) is 27.2 Å². The van der Waals surface area contributed by atoms with Crippen LogP contribution in [0.15, 0.2) is 18.2 Å². The van der Waals surface area contributed by atoms with E-state index in [1.165, 1.54) is 0 Å². The molecule has 3 aromatic rings. The van der Waals surface area contributed by atoms with Crippen LogP contribution in [-0.2, 0) is 6.42 Å². The van der Waals surface area contributed by atoms with Gasteiger partial charge in [-0.15, -0.1) is 5.10 Å². The van der Waals surface area contributed by atoms with Gasteiger partial charge in [-0.05, 0) is 48.7 Å². The highest BCUT2D eigenvalue weighted by Gasteiger charge is 2.18. The van der Waals surface area contributed by atoms with Crippen molar-refractivity contribution < 1.29 is 5.11 Å². The van der Waals surface area contributed by atoms with Gasteiger partial charge in [0.2, 0.25) is 0 Å². The molecule has 0 unspecified atom stereocenters. The lowest BCUT2D eigenvalue weighted by atomic mass is 9.96. The fourth-order valence-electron chi connectivity index (χ4n) is 2.59. The highest BCUT2D eigenvalue weighted by Crippen LogP contribution is 2.32. The molecule has 0 bridgehead atoms. The minimum atomic E-state index is 0.275. The van der Waals surface area contributed by atoms with Crippen molar-refractivity contribution in [1.29, 1.82) is 0 Å². The summed E-state index contributed by atoms with van der Waals surface area (Å²) in [6.45, 7) is 5.98. The first-order valence-corrected chi connectivity index (χ1v) is 6.74. The van der Waals surface area contributed by atoms with Crippen LogP contribution in [-0.4, -0.2) is 35.5 Å². The maximum Gasteiger partial charge on any atom is 0.290 e. The van der Waals surface area contributed by atoms with Crippen LogP contribution in [0.2, 0.25) is 0 Å². The van der Waals surface area contributed by atoms with Crippen molar-refractivity contribution in [2.75, 3.05) is 0 Å². The molecule has 21 heavy (non-hydrogen) atoms. The Morgan fingerprint density at radius 1 is 1.29 bits per heavy atom. The Kier molecular flexibility index (Phi) is 3.17. The number of aryl methyl sites for hydroxylation is 2. The number of hydrogen-bond donors (Lipinski definition) is 2. The summed E-state index contributed by atoms with van der Waals surface area (Å²) in [6.07, 6.45) is 0.829. The van der Waals surface area contributed by atoms with E-state index in [1.807, 2.05) is 19.9 Å². The predicted octanol–water partition coefficient (Wildman–Crippen LogP) is 1.94. The van der Waals surface area contributed by atoms with Gasteiger partial charge in [0, 0.05) is 5.56 Å². The number of tetrazole rings is 1.